The third-order valence-electron chi connectivity index (χ3n) is 9.37. The van der Waals surface area contributed by atoms with Crippen molar-refractivity contribution < 1.29 is 4.42 Å². The highest BCUT2D eigenvalue weighted by molar-refractivity contribution is 7.22. The SMILES string of the molecule is C=Cc1c(/C=C\C)c(-c2cccc3ccccc23)c2ccccc2c1-c1ccc2sc(-c3cccc4c3oc3ccccc34)cc2c1. The highest BCUT2D eigenvalue weighted by Crippen LogP contribution is 2.47. The summed E-state index contributed by atoms with van der Waals surface area (Å²) in [6.07, 6.45) is 6.43. The lowest BCUT2D eigenvalue weighted by Crippen LogP contribution is -1.96. The summed E-state index contributed by atoms with van der Waals surface area (Å²) in [6.45, 7) is 6.47. The minimum absolute atomic E-state index is 0.922. The number of fused-ring (bicyclic) bond motifs is 6. The van der Waals surface area contributed by atoms with Gasteiger partial charge in [-0.2, -0.15) is 0 Å². The van der Waals surface area contributed by atoms with Crippen LogP contribution < -0.4 is 0 Å². The first-order valence-corrected chi connectivity index (χ1v) is 16.8. The number of benzene rings is 7. The standard InChI is InChI=1S/C45H30OS/c1-3-13-34-31(4-2)43(36-18-7-8-19-37(36)44(34)35-20-11-15-28-14-5-6-16-32(28)35)29-24-25-41-30(26-29)27-42(47-41)39-22-12-21-38-33-17-9-10-23-40(33)46-45(38)39/h3-27H,2H2,1H3/b13-3-. The van der Waals surface area contributed by atoms with Crippen LogP contribution in [0.4, 0.5) is 0 Å². The topological polar surface area (TPSA) is 13.1 Å². The second-order valence-electron chi connectivity index (χ2n) is 12.0. The second-order valence-corrected chi connectivity index (χ2v) is 13.1. The first-order chi connectivity index (χ1) is 23.2. The molecule has 9 rings (SSSR count). The quantitative estimate of drug-likeness (QED) is 0.187. The monoisotopic (exact) mass is 618 g/mol. The molecule has 0 bridgehead atoms. The van der Waals surface area contributed by atoms with Crippen molar-refractivity contribution >= 4 is 77.1 Å². The summed E-state index contributed by atoms with van der Waals surface area (Å²) in [5, 5.41) is 8.48. The van der Waals surface area contributed by atoms with Crippen molar-refractivity contribution in [2.45, 2.75) is 6.92 Å². The van der Waals surface area contributed by atoms with E-state index in [1.807, 2.05) is 29.5 Å². The van der Waals surface area contributed by atoms with Crippen molar-refractivity contribution in [2.24, 2.45) is 0 Å². The molecule has 2 aromatic heterocycles. The Morgan fingerprint density at radius 3 is 2.09 bits per heavy atom. The number of rotatable bonds is 5. The molecule has 0 aliphatic carbocycles. The maximum Gasteiger partial charge on any atom is 0.144 e. The molecule has 0 N–H and O–H groups in total. The molecule has 0 aliphatic rings. The average molecular weight is 619 g/mol. The number of furan rings is 1. The van der Waals surface area contributed by atoms with Crippen LogP contribution in [-0.4, -0.2) is 0 Å². The fourth-order valence-corrected chi connectivity index (χ4v) is 8.41. The molecule has 0 unspecified atom stereocenters. The van der Waals surface area contributed by atoms with Gasteiger partial charge in [0.25, 0.3) is 0 Å². The molecule has 0 fully saturated rings. The minimum Gasteiger partial charge on any atom is -0.455 e. The van der Waals surface area contributed by atoms with Gasteiger partial charge in [0.05, 0.1) is 0 Å². The van der Waals surface area contributed by atoms with Crippen LogP contribution in [-0.2, 0) is 0 Å². The lowest BCUT2D eigenvalue weighted by Gasteiger charge is -2.21. The molecular formula is C45H30OS. The summed E-state index contributed by atoms with van der Waals surface area (Å²) in [5.41, 5.74) is 10.2. The zero-order chi connectivity index (χ0) is 31.5. The van der Waals surface area contributed by atoms with E-state index in [0.717, 1.165) is 33.1 Å². The molecule has 47 heavy (non-hydrogen) atoms. The Morgan fingerprint density at radius 1 is 0.574 bits per heavy atom. The van der Waals surface area contributed by atoms with Gasteiger partial charge < -0.3 is 4.42 Å². The second kappa shape index (κ2) is 11.0. The van der Waals surface area contributed by atoms with Crippen molar-refractivity contribution in [2.75, 3.05) is 0 Å². The largest absolute Gasteiger partial charge is 0.455 e. The van der Waals surface area contributed by atoms with Crippen LogP contribution in [0.15, 0.2) is 151 Å². The van der Waals surface area contributed by atoms with E-state index < -0.39 is 0 Å². The molecule has 0 spiro atoms. The molecule has 0 saturated carbocycles. The summed E-state index contributed by atoms with van der Waals surface area (Å²) in [4.78, 5) is 1.21. The van der Waals surface area contributed by atoms with Gasteiger partial charge in [-0.25, -0.2) is 0 Å². The Kier molecular flexibility index (Phi) is 6.45. The molecule has 0 saturated heterocycles. The van der Waals surface area contributed by atoms with Crippen LogP contribution in [0.1, 0.15) is 18.1 Å². The summed E-state index contributed by atoms with van der Waals surface area (Å²) in [7, 11) is 0. The fourth-order valence-electron chi connectivity index (χ4n) is 7.35. The molecule has 1 nitrogen and oxygen atoms in total. The van der Waals surface area contributed by atoms with E-state index in [9.17, 15) is 0 Å². The Morgan fingerprint density at radius 2 is 1.26 bits per heavy atom. The van der Waals surface area contributed by atoms with Crippen LogP contribution in [0.2, 0.25) is 0 Å². The summed E-state index contributed by atoms with van der Waals surface area (Å²) in [5.74, 6) is 0. The molecule has 0 amide bonds. The van der Waals surface area contributed by atoms with Crippen molar-refractivity contribution in [1.82, 2.24) is 0 Å². The van der Waals surface area contributed by atoms with Gasteiger partial charge in [-0.05, 0) is 97.6 Å². The van der Waals surface area contributed by atoms with E-state index in [2.05, 4.69) is 147 Å². The Bertz CT molecular complexity index is 2710. The average Bonchev–Trinajstić information content (AvgIpc) is 3.72. The molecule has 0 aliphatic heterocycles. The molecule has 222 valence electrons. The van der Waals surface area contributed by atoms with Crippen molar-refractivity contribution in [3.05, 3.63) is 157 Å². The van der Waals surface area contributed by atoms with E-state index >= 15 is 0 Å². The molecule has 0 atom stereocenters. The van der Waals surface area contributed by atoms with Crippen LogP contribution in [0, 0.1) is 0 Å². The van der Waals surface area contributed by atoms with E-state index in [1.54, 1.807) is 0 Å². The summed E-state index contributed by atoms with van der Waals surface area (Å²) in [6, 6.07) is 48.1. The van der Waals surface area contributed by atoms with Crippen LogP contribution in [0.3, 0.4) is 0 Å². The first kappa shape index (κ1) is 27.6. The predicted octanol–water partition coefficient (Wildman–Crippen LogP) is 13.8. The maximum atomic E-state index is 6.41. The predicted molar refractivity (Wildman–Crippen MR) is 205 cm³/mol. The van der Waals surface area contributed by atoms with Crippen molar-refractivity contribution in [1.29, 1.82) is 0 Å². The van der Waals surface area contributed by atoms with Gasteiger partial charge in [0.2, 0.25) is 0 Å². The molecule has 0 radical (unpaired) electrons. The Balaban J connectivity index is 1.28. The molecule has 2 heteroatoms. The number of allylic oxidation sites excluding steroid dienone is 1. The Labute approximate surface area is 277 Å². The number of hydrogen-bond acceptors (Lipinski definition) is 2. The molecular weight excluding hydrogens is 589 g/mol. The van der Waals surface area contributed by atoms with E-state index in [1.165, 1.54) is 64.3 Å². The number of hydrogen-bond donors (Lipinski definition) is 0. The van der Waals surface area contributed by atoms with Gasteiger partial charge in [-0.3, -0.25) is 0 Å². The van der Waals surface area contributed by atoms with E-state index in [-0.39, 0.29) is 0 Å². The highest BCUT2D eigenvalue weighted by Gasteiger charge is 2.21. The lowest BCUT2D eigenvalue weighted by atomic mass is 9.82. The van der Waals surface area contributed by atoms with Gasteiger partial charge in [-0.1, -0.05) is 128 Å². The van der Waals surface area contributed by atoms with E-state index in [0.29, 0.717) is 0 Å². The molecule has 9 aromatic rings. The van der Waals surface area contributed by atoms with Gasteiger partial charge in [0.15, 0.2) is 0 Å². The Hall–Kier alpha value is -5.70. The zero-order valence-electron chi connectivity index (χ0n) is 26.0. The van der Waals surface area contributed by atoms with Gasteiger partial charge in [0.1, 0.15) is 11.2 Å². The van der Waals surface area contributed by atoms with E-state index in [4.69, 9.17) is 4.42 Å². The molecule has 2 heterocycles. The lowest BCUT2D eigenvalue weighted by molar-refractivity contribution is 0.670. The highest BCUT2D eigenvalue weighted by atomic mass is 32.1. The van der Waals surface area contributed by atoms with Crippen molar-refractivity contribution in [3.63, 3.8) is 0 Å². The fraction of sp³-hybridized carbons (Fsp3) is 0.0222. The van der Waals surface area contributed by atoms with Crippen LogP contribution in [0.5, 0.6) is 0 Å². The number of para-hydroxylation sites is 2. The third kappa shape index (κ3) is 4.30. The normalized spacial score (nSPS) is 11.9. The van der Waals surface area contributed by atoms with Gasteiger partial charge in [0, 0.05) is 25.9 Å². The minimum atomic E-state index is 0.922. The van der Waals surface area contributed by atoms with Gasteiger partial charge in [-0.15, -0.1) is 11.3 Å². The van der Waals surface area contributed by atoms with Crippen LogP contribution >= 0.6 is 11.3 Å². The third-order valence-corrected chi connectivity index (χ3v) is 10.5. The first-order valence-electron chi connectivity index (χ1n) is 16.0. The van der Waals surface area contributed by atoms with Crippen LogP contribution in [0.25, 0.3) is 98.4 Å². The maximum absolute atomic E-state index is 6.41. The summed E-state index contributed by atoms with van der Waals surface area (Å²) < 4.78 is 7.66. The molecule has 7 aromatic carbocycles. The van der Waals surface area contributed by atoms with Gasteiger partial charge >= 0.3 is 0 Å². The smallest absolute Gasteiger partial charge is 0.144 e. The number of thiophene rings is 1. The van der Waals surface area contributed by atoms with Crippen molar-refractivity contribution in [3.8, 4) is 32.7 Å². The summed E-state index contributed by atoms with van der Waals surface area (Å²) >= 11 is 1.81. The zero-order valence-corrected chi connectivity index (χ0v) is 26.8.